The van der Waals surface area contributed by atoms with Crippen LogP contribution in [0.15, 0.2) is 0 Å². The smallest absolute Gasteiger partial charge is 0.0540 e. The molecule has 0 amide bonds. The molecule has 146 valence electrons. The van der Waals surface area contributed by atoms with Gasteiger partial charge in [0, 0.05) is 0 Å². The molecular formula is C23H48O. The second-order valence-electron chi connectivity index (χ2n) is 7.89. The molecule has 0 spiro atoms. The molecule has 0 saturated heterocycles. The van der Waals surface area contributed by atoms with E-state index in [0.717, 1.165) is 12.8 Å². The Labute approximate surface area is 154 Å². The average molecular weight is 341 g/mol. The summed E-state index contributed by atoms with van der Waals surface area (Å²) in [5, 5.41) is 10.0. The summed E-state index contributed by atoms with van der Waals surface area (Å²) in [6.07, 6.45) is 26.7. The highest BCUT2D eigenvalue weighted by atomic mass is 16.3. The second kappa shape index (κ2) is 21.0. The molecule has 0 rings (SSSR count). The van der Waals surface area contributed by atoms with Crippen molar-refractivity contribution in [3.8, 4) is 0 Å². The van der Waals surface area contributed by atoms with Crippen LogP contribution in [0.2, 0.25) is 0 Å². The van der Waals surface area contributed by atoms with Gasteiger partial charge in [0.15, 0.2) is 0 Å². The number of rotatable bonds is 20. The molecule has 0 radical (unpaired) electrons. The maximum Gasteiger partial charge on any atom is 0.0540 e. The largest absolute Gasteiger partial charge is 0.393 e. The van der Waals surface area contributed by atoms with Gasteiger partial charge in [-0.25, -0.2) is 0 Å². The van der Waals surface area contributed by atoms with Gasteiger partial charge in [-0.3, -0.25) is 0 Å². The van der Waals surface area contributed by atoms with Crippen molar-refractivity contribution in [1.29, 1.82) is 0 Å². The molecule has 0 unspecified atom stereocenters. The predicted octanol–water partition coefficient (Wildman–Crippen LogP) is 8.19. The summed E-state index contributed by atoms with van der Waals surface area (Å²) in [6, 6.07) is 0. The molecule has 24 heavy (non-hydrogen) atoms. The van der Waals surface area contributed by atoms with E-state index >= 15 is 0 Å². The van der Waals surface area contributed by atoms with Crippen molar-refractivity contribution in [2.45, 2.75) is 148 Å². The molecule has 0 aromatic heterocycles. The van der Waals surface area contributed by atoms with E-state index in [0.29, 0.717) is 0 Å². The topological polar surface area (TPSA) is 20.2 Å². The van der Waals surface area contributed by atoms with E-state index in [1.807, 2.05) is 0 Å². The van der Waals surface area contributed by atoms with Crippen LogP contribution in [-0.2, 0) is 0 Å². The number of hydrogen-bond acceptors (Lipinski definition) is 1. The maximum atomic E-state index is 10.0. The van der Waals surface area contributed by atoms with Crippen molar-refractivity contribution in [3.05, 3.63) is 0 Å². The molecule has 0 saturated carbocycles. The highest BCUT2D eigenvalue weighted by molar-refractivity contribution is 4.57. The lowest BCUT2D eigenvalue weighted by Gasteiger charge is -2.10. The molecule has 0 heterocycles. The van der Waals surface area contributed by atoms with Crippen LogP contribution in [0.5, 0.6) is 0 Å². The Morgan fingerprint density at radius 3 is 0.958 bits per heavy atom. The number of aliphatic hydroxyl groups excluding tert-OH is 1. The summed E-state index contributed by atoms with van der Waals surface area (Å²) in [4.78, 5) is 0. The third-order valence-corrected chi connectivity index (χ3v) is 5.28. The van der Waals surface area contributed by atoms with Gasteiger partial charge in [0.25, 0.3) is 0 Å². The summed E-state index contributed by atoms with van der Waals surface area (Å²) in [7, 11) is 0. The Hall–Kier alpha value is -0.0400. The fourth-order valence-electron chi connectivity index (χ4n) is 3.53. The van der Waals surface area contributed by atoms with Crippen LogP contribution < -0.4 is 0 Å². The summed E-state index contributed by atoms with van der Waals surface area (Å²) < 4.78 is 0. The van der Waals surface area contributed by atoms with Crippen molar-refractivity contribution < 1.29 is 5.11 Å². The number of aliphatic hydroxyl groups is 1. The molecule has 0 aliphatic rings. The molecule has 0 atom stereocenters. The Bertz CT molecular complexity index is 192. The van der Waals surface area contributed by atoms with Gasteiger partial charge >= 0.3 is 0 Å². The van der Waals surface area contributed by atoms with Crippen LogP contribution in [0.25, 0.3) is 0 Å². The Balaban J connectivity index is 3.12. The zero-order chi connectivity index (χ0) is 17.7. The quantitative estimate of drug-likeness (QED) is 0.221. The molecule has 0 aromatic carbocycles. The van der Waals surface area contributed by atoms with Crippen molar-refractivity contribution in [3.63, 3.8) is 0 Å². The molecule has 0 aliphatic heterocycles. The molecule has 0 bridgehead atoms. The van der Waals surface area contributed by atoms with E-state index in [2.05, 4.69) is 13.8 Å². The monoisotopic (exact) mass is 340 g/mol. The zero-order valence-corrected chi connectivity index (χ0v) is 17.2. The van der Waals surface area contributed by atoms with Gasteiger partial charge < -0.3 is 5.11 Å². The summed E-state index contributed by atoms with van der Waals surface area (Å²) in [5.41, 5.74) is 0. The second-order valence-corrected chi connectivity index (χ2v) is 7.89. The number of unbranched alkanes of at least 4 members (excludes halogenated alkanes) is 16. The van der Waals surface area contributed by atoms with Gasteiger partial charge in [0.2, 0.25) is 0 Å². The minimum Gasteiger partial charge on any atom is -0.393 e. The normalized spacial score (nSPS) is 11.5. The minimum absolute atomic E-state index is 0.0286. The third-order valence-electron chi connectivity index (χ3n) is 5.28. The van der Waals surface area contributed by atoms with Gasteiger partial charge in [-0.15, -0.1) is 0 Å². The van der Waals surface area contributed by atoms with E-state index in [4.69, 9.17) is 0 Å². The van der Waals surface area contributed by atoms with Gasteiger partial charge in [0.05, 0.1) is 6.10 Å². The standard InChI is InChI=1S/C23H48O/c1-3-5-7-9-11-13-15-17-19-21-23(24)22-20-18-16-14-12-10-8-6-4-2/h23-24H,3-22H2,1-2H3. The van der Waals surface area contributed by atoms with Gasteiger partial charge in [-0.2, -0.15) is 0 Å². The molecule has 1 heteroatoms. The minimum atomic E-state index is -0.0286. The number of hydrogen-bond donors (Lipinski definition) is 1. The molecule has 0 fully saturated rings. The highest BCUT2D eigenvalue weighted by Gasteiger charge is 2.03. The van der Waals surface area contributed by atoms with Crippen LogP contribution in [0, 0.1) is 0 Å². The van der Waals surface area contributed by atoms with Gasteiger partial charge in [-0.05, 0) is 12.8 Å². The van der Waals surface area contributed by atoms with Crippen molar-refractivity contribution >= 4 is 0 Å². The maximum absolute atomic E-state index is 10.0. The third kappa shape index (κ3) is 20.0. The first-order chi connectivity index (χ1) is 11.8. The Kier molecular flexibility index (Phi) is 21.0. The molecular weight excluding hydrogens is 292 g/mol. The SMILES string of the molecule is CCCCCCCCCCCC(O)CCCCCCCCCCC. The lowest BCUT2D eigenvalue weighted by atomic mass is 10.0. The first-order valence-electron chi connectivity index (χ1n) is 11.5. The zero-order valence-electron chi connectivity index (χ0n) is 17.2. The van der Waals surface area contributed by atoms with Crippen molar-refractivity contribution in [1.82, 2.24) is 0 Å². The molecule has 0 aliphatic carbocycles. The van der Waals surface area contributed by atoms with E-state index in [1.54, 1.807) is 0 Å². The van der Waals surface area contributed by atoms with Crippen LogP contribution in [0.1, 0.15) is 142 Å². The lowest BCUT2D eigenvalue weighted by Crippen LogP contribution is -2.05. The molecule has 1 N–H and O–H groups in total. The van der Waals surface area contributed by atoms with E-state index < -0.39 is 0 Å². The van der Waals surface area contributed by atoms with Crippen LogP contribution in [0.3, 0.4) is 0 Å². The fourth-order valence-corrected chi connectivity index (χ4v) is 3.53. The Morgan fingerprint density at radius 1 is 0.417 bits per heavy atom. The van der Waals surface area contributed by atoms with E-state index in [-0.39, 0.29) is 6.10 Å². The molecule has 1 nitrogen and oxygen atoms in total. The summed E-state index contributed by atoms with van der Waals surface area (Å²) in [6.45, 7) is 4.56. The van der Waals surface area contributed by atoms with E-state index in [9.17, 15) is 5.11 Å². The average Bonchev–Trinajstić information content (AvgIpc) is 2.59. The summed E-state index contributed by atoms with van der Waals surface area (Å²) >= 11 is 0. The van der Waals surface area contributed by atoms with Gasteiger partial charge in [0.1, 0.15) is 0 Å². The first kappa shape index (κ1) is 24.0. The Morgan fingerprint density at radius 2 is 0.667 bits per heavy atom. The lowest BCUT2D eigenvalue weighted by molar-refractivity contribution is 0.147. The van der Waals surface area contributed by atoms with Crippen molar-refractivity contribution in [2.24, 2.45) is 0 Å². The van der Waals surface area contributed by atoms with Crippen molar-refractivity contribution in [2.75, 3.05) is 0 Å². The first-order valence-corrected chi connectivity index (χ1v) is 11.5. The van der Waals surface area contributed by atoms with Crippen LogP contribution >= 0.6 is 0 Å². The predicted molar refractivity (Wildman–Crippen MR) is 110 cm³/mol. The molecule has 0 aromatic rings. The summed E-state index contributed by atoms with van der Waals surface area (Å²) in [5.74, 6) is 0. The highest BCUT2D eigenvalue weighted by Crippen LogP contribution is 2.15. The van der Waals surface area contributed by atoms with Crippen LogP contribution in [0.4, 0.5) is 0 Å². The van der Waals surface area contributed by atoms with E-state index in [1.165, 1.54) is 116 Å². The van der Waals surface area contributed by atoms with Gasteiger partial charge in [-0.1, -0.05) is 129 Å². The van der Waals surface area contributed by atoms with Crippen LogP contribution in [-0.4, -0.2) is 11.2 Å². The fraction of sp³-hybridized carbons (Fsp3) is 1.00.